The lowest BCUT2D eigenvalue weighted by Gasteiger charge is -2.14. The molecule has 0 unspecified atom stereocenters. The summed E-state index contributed by atoms with van der Waals surface area (Å²) < 4.78 is 41.1. The van der Waals surface area contributed by atoms with E-state index in [4.69, 9.17) is 14.2 Å². The highest BCUT2D eigenvalue weighted by molar-refractivity contribution is 7.91. The Bertz CT molecular complexity index is 1240. The van der Waals surface area contributed by atoms with Gasteiger partial charge in [-0.2, -0.15) is 5.26 Å². The molecule has 1 fully saturated rings. The minimum Gasteiger partial charge on any atom is -0.493 e. The molecule has 0 aliphatic heterocycles. The number of sulfone groups is 1. The summed E-state index contributed by atoms with van der Waals surface area (Å²) in [6.45, 7) is 0. The van der Waals surface area contributed by atoms with Gasteiger partial charge < -0.3 is 14.2 Å². The average Bonchev–Trinajstić information content (AvgIpc) is 3.60. The second-order valence-corrected chi connectivity index (χ2v) is 9.37. The third kappa shape index (κ3) is 3.89. The van der Waals surface area contributed by atoms with Gasteiger partial charge in [-0.25, -0.2) is 8.42 Å². The van der Waals surface area contributed by atoms with Crippen LogP contribution in [0.25, 0.3) is 10.9 Å². The maximum absolute atomic E-state index is 12.2. The highest BCUT2D eigenvalue weighted by atomic mass is 32.2. The van der Waals surface area contributed by atoms with Gasteiger partial charge in [0.2, 0.25) is 0 Å². The fourth-order valence-corrected chi connectivity index (χ4v) is 4.98. The zero-order valence-corrected chi connectivity index (χ0v) is 17.4. The van der Waals surface area contributed by atoms with Gasteiger partial charge in [-0.15, -0.1) is 0 Å². The number of aromatic nitrogens is 1. The molecule has 0 bridgehead atoms. The number of hydrogen-bond donors (Lipinski definition) is 0. The predicted octanol–water partition coefficient (Wildman–Crippen LogP) is 3.99. The molecule has 154 valence electrons. The van der Waals surface area contributed by atoms with E-state index in [0.29, 0.717) is 39.5 Å². The zero-order valence-electron chi connectivity index (χ0n) is 16.6. The van der Waals surface area contributed by atoms with E-state index in [1.807, 2.05) is 0 Å². The van der Waals surface area contributed by atoms with Gasteiger partial charge in [0, 0.05) is 17.6 Å². The predicted molar refractivity (Wildman–Crippen MR) is 112 cm³/mol. The Hall–Kier alpha value is -3.31. The number of nitriles is 1. The smallest absolute Gasteiger partial charge is 0.162 e. The first-order valence-electron chi connectivity index (χ1n) is 9.38. The van der Waals surface area contributed by atoms with Crippen molar-refractivity contribution in [2.24, 2.45) is 0 Å². The highest BCUT2D eigenvalue weighted by Gasteiger charge is 2.35. The van der Waals surface area contributed by atoms with Crippen LogP contribution in [0, 0.1) is 11.3 Å². The molecule has 0 amide bonds. The maximum atomic E-state index is 12.2. The first-order chi connectivity index (χ1) is 14.4. The van der Waals surface area contributed by atoms with Crippen LogP contribution in [0.5, 0.6) is 23.0 Å². The molecule has 1 saturated carbocycles. The Labute approximate surface area is 174 Å². The Morgan fingerprint density at radius 1 is 1.10 bits per heavy atom. The summed E-state index contributed by atoms with van der Waals surface area (Å²) in [6.07, 6.45) is 2.95. The molecule has 0 spiro atoms. The molecule has 30 heavy (non-hydrogen) atoms. The molecular weight excluding hydrogens is 404 g/mol. The van der Waals surface area contributed by atoms with Crippen LogP contribution in [0.15, 0.2) is 42.6 Å². The maximum Gasteiger partial charge on any atom is 0.162 e. The van der Waals surface area contributed by atoms with Crippen molar-refractivity contribution < 1.29 is 22.6 Å². The van der Waals surface area contributed by atoms with Crippen LogP contribution in [0.4, 0.5) is 0 Å². The number of hydrogen-bond acceptors (Lipinski definition) is 7. The van der Waals surface area contributed by atoms with E-state index in [2.05, 4.69) is 11.1 Å². The van der Waals surface area contributed by atoms with E-state index in [-0.39, 0.29) is 16.6 Å². The van der Waals surface area contributed by atoms with Crippen molar-refractivity contribution in [2.45, 2.75) is 23.8 Å². The highest BCUT2D eigenvalue weighted by Crippen LogP contribution is 2.39. The van der Waals surface area contributed by atoms with Gasteiger partial charge in [0.15, 0.2) is 27.1 Å². The van der Waals surface area contributed by atoms with Crippen LogP contribution in [-0.2, 0) is 15.6 Å². The third-order valence-electron chi connectivity index (χ3n) is 4.99. The largest absolute Gasteiger partial charge is 0.493 e. The fourth-order valence-electron chi connectivity index (χ4n) is 3.23. The lowest BCUT2D eigenvalue weighted by atomic mass is 10.1. The fraction of sp³-hybridized carbons (Fsp3) is 0.273. The van der Waals surface area contributed by atoms with Crippen LogP contribution in [-0.4, -0.2) is 32.9 Å². The summed E-state index contributed by atoms with van der Waals surface area (Å²) in [6, 6.07) is 12.4. The molecule has 4 rings (SSSR count). The summed E-state index contributed by atoms with van der Waals surface area (Å²) in [5.74, 6) is 1.88. The molecule has 2 aromatic carbocycles. The number of rotatable bonds is 7. The van der Waals surface area contributed by atoms with Crippen LogP contribution < -0.4 is 14.2 Å². The van der Waals surface area contributed by atoms with Crippen LogP contribution in [0.1, 0.15) is 24.0 Å². The molecule has 7 nitrogen and oxygen atoms in total. The van der Waals surface area contributed by atoms with Gasteiger partial charge in [0.05, 0.1) is 30.7 Å². The van der Waals surface area contributed by atoms with Crippen molar-refractivity contribution in [3.05, 3.63) is 53.7 Å². The molecule has 1 aromatic heterocycles. The van der Waals surface area contributed by atoms with Crippen LogP contribution >= 0.6 is 0 Å². The number of benzene rings is 2. The van der Waals surface area contributed by atoms with E-state index in [1.165, 1.54) is 20.4 Å². The van der Waals surface area contributed by atoms with Crippen molar-refractivity contribution in [3.8, 4) is 29.1 Å². The van der Waals surface area contributed by atoms with Gasteiger partial charge in [0.1, 0.15) is 17.4 Å². The van der Waals surface area contributed by atoms with Gasteiger partial charge in [-0.1, -0.05) is 12.1 Å². The molecule has 1 heterocycles. The second kappa shape index (κ2) is 7.84. The average molecular weight is 424 g/mol. The quantitative estimate of drug-likeness (QED) is 0.565. The molecule has 8 heteroatoms. The minimum absolute atomic E-state index is 0.0244. The number of fused-ring (bicyclic) bond motifs is 1. The normalized spacial score (nSPS) is 13.6. The summed E-state index contributed by atoms with van der Waals surface area (Å²) in [5, 5.41) is 9.93. The lowest BCUT2D eigenvalue weighted by Crippen LogP contribution is -2.09. The summed E-state index contributed by atoms with van der Waals surface area (Å²) in [5.41, 5.74) is 1.57. The van der Waals surface area contributed by atoms with Gasteiger partial charge in [0.25, 0.3) is 0 Å². The molecule has 1 aliphatic carbocycles. The van der Waals surface area contributed by atoms with Crippen molar-refractivity contribution >= 4 is 20.7 Å². The minimum atomic E-state index is -3.08. The van der Waals surface area contributed by atoms with Crippen LogP contribution in [0.3, 0.4) is 0 Å². The Balaban J connectivity index is 1.68. The van der Waals surface area contributed by atoms with Crippen molar-refractivity contribution in [1.29, 1.82) is 5.26 Å². The molecular formula is C22H20N2O5S. The molecule has 3 aromatic rings. The lowest BCUT2D eigenvalue weighted by molar-refractivity contribution is 0.355. The Kier molecular flexibility index (Phi) is 5.22. The third-order valence-corrected chi connectivity index (χ3v) is 7.21. The standard InChI is InChI=1S/C22H20N2O5S/c1-27-20-9-18-19(10-21(20)28-2)24-12-15(11-23)22(18)29-16-5-3-14(4-6-16)13-30(25,26)17-7-8-17/h3-6,9-10,12,17H,7-8,13H2,1-2H3. The molecule has 0 N–H and O–H groups in total. The Morgan fingerprint density at radius 2 is 1.77 bits per heavy atom. The summed E-state index contributed by atoms with van der Waals surface area (Å²) in [7, 11) is -0.0182. The van der Waals surface area contributed by atoms with Gasteiger partial charge in [-0.05, 0) is 36.6 Å². The topological polar surface area (TPSA) is 98.5 Å². The molecule has 0 atom stereocenters. The van der Waals surface area contributed by atoms with Crippen molar-refractivity contribution in [2.75, 3.05) is 14.2 Å². The summed E-state index contributed by atoms with van der Waals surface area (Å²) >= 11 is 0. The second-order valence-electron chi connectivity index (χ2n) is 7.09. The monoisotopic (exact) mass is 424 g/mol. The first kappa shape index (κ1) is 20.0. The van der Waals surface area contributed by atoms with E-state index in [1.54, 1.807) is 36.4 Å². The van der Waals surface area contributed by atoms with E-state index in [0.717, 1.165) is 12.8 Å². The number of pyridine rings is 1. The van der Waals surface area contributed by atoms with Crippen molar-refractivity contribution in [1.82, 2.24) is 4.98 Å². The number of methoxy groups -OCH3 is 2. The molecule has 1 aliphatic rings. The SMILES string of the molecule is COc1cc2ncc(C#N)c(Oc3ccc(CS(=O)(=O)C4CC4)cc3)c2cc1OC. The van der Waals surface area contributed by atoms with E-state index >= 15 is 0 Å². The number of nitrogens with zero attached hydrogens (tertiary/aromatic N) is 2. The Morgan fingerprint density at radius 3 is 2.37 bits per heavy atom. The zero-order chi connectivity index (χ0) is 21.3. The molecule has 0 saturated heterocycles. The van der Waals surface area contributed by atoms with E-state index in [9.17, 15) is 13.7 Å². The van der Waals surface area contributed by atoms with Crippen LogP contribution in [0.2, 0.25) is 0 Å². The molecule has 0 radical (unpaired) electrons. The van der Waals surface area contributed by atoms with Gasteiger partial charge >= 0.3 is 0 Å². The van der Waals surface area contributed by atoms with Gasteiger partial charge in [-0.3, -0.25) is 4.98 Å². The van der Waals surface area contributed by atoms with Crippen molar-refractivity contribution in [3.63, 3.8) is 0 Å². The number of ether oxygens (including phenoxy) is 3. The first-order valence-corrected chi connectivity index (χ1v) is 11.1. The van der Waals surface area contributed by atoms with E-state index < -0.39 is 9.84 Å². The summed E-state index contributed by atoms with van der Waals surface area (Å²) in [4.78, 5) is 4.31.